The predicted molar refractivity (Wildman–Crippen MR) is 82.9 cm³/mol. The van der Waals surface area contributed by atoms with Crippen molar-refractivity contribution in [3.05, 3.63) is 24.3 Å². The van der Waals surface area contributed by atoms with Gasteiger partial charge in [0.05, 0.1) is 0 Å². The van der Waals surface area contributed by atoms with Gasteiger partial charge in [-0.05, 0) is 25.3 Å². The van der Waals surface area contributed by atoms with Gasteiger partial charge in [-0.15, -0.1) is 0 Å². The van der Waals surface area contributed by atoms with Crippen molar-refractivity contribution in [2.24, 2.45) is 0 Å². The number of hydrogen-bond acceptors (Lipinski definition) is 1. The first-order valence-electron chi connectivity index (χ1n) is 7.58. The van der Waals surface area contributed by atoms with Crippen LogP contribution >= 0.6 is 0 Å². The Hall–Kier alpha value is -0.850. The highest BCUT2D eigenvalue weighted by Crippen LogP contribution is 2.03. The molecule has 0 bridgehead atoms. The molecule has 0 saturated carbocycles. The van der Waals surface area contributed by atoms with Crippen LogP contribution in [0.3, 0.4) is 0 Å². The van der Waals surface area contributed by atoms with Crippen LogP contribution in [-0.4, -0.2) is 6.29 Å². The molecule has 0 aliphatic heterocycles. The zero-order valence-electron chi connectivity index (χ0n) is 12.7. The average molecular weight is 252 g/mol. The highest BCUT2D eigenvalue weighted by Gasteiger charge is 1.83. The fraction of sp³-hybridized carbons (Fsp3) is 0.706. The summed E-state index contributed by atoms with van der Waals surface area (Å²) >= 11 is 0. The highest BCUT2D eigenvalue weighted by molar-refractivity contribution is 5.64. The molecule has 0 aliphatic rings. The Bertz CT molecular complexity index is 186. The molecule has 0 spiro atoms. The Morgan fingerprint density at radius 2 is 1.28 bits per heavy atom. The zero-order valence-corrected chi connectivity index (χ0v) is 12.7. The monoisotopic (exact) mass is 252 g/mol. The highest BCUT2D eigenvalue weighted by atomic mass is 16.1. The van der Waals surface area contributed by atoms with Crippen molar-refractivity contribution in [3.63, 3.8) is 0 Å². The van der Waals surface area contributed by atoms with Gasteiger partial charge in [0, 0.05) is 0 Å². The van der Waals surface area contributed by atoms with Crippen molar-refractivity contribution in [1.29, 1.82) is 0 Å². The second-order valence-electron chi connectivity index (χ2n) is 4.44. The molecule has 18 heavy (non-hydrogen) atoms. The first-order valence-corrected chi connectivity index (χ1v) is 7.58. The summed E-state index contributed by atoms with van der Waals surface area (Å²) in [7, 11) is 0. The van der Waals surface area contributed by atoms with E-state index in [2.05, 4.69) is 32.9 Å². The summed E-state index contributed by atoms with van der Waals surface area (Å²) in [6.45, 7) is 6.62. The SMILES string of the molecule is CC/C=C/CC/C=C/C=O.CCCCCCCC. The van der Waals surface area contributed by atoms with Gasteiger partial charge in [0.1, 0.15) is 6.29 Å². The van der Waals surface area contributed by atoms with Crippen LogP contribution in [0.5, 0.6) is 0 Å². The molecule has 0 heterocycles. The van der Waals surface area contributed by atoms with Crippen molar-refractivity contribution in [1.82, 2.24) is 0 Å². The first-order chi connectivity index (χ1) is 8.83. The molecule has 0 aliphatic carbocycles. The van der Waals surface area contributed by atoms with Gasteiger partial charge in [-0.25, -0.2) is 0 Å². The van der Waals surface area contributed by atoms with Crippen LogP contribution in [0, 0.1) is 0 Å². The van der Waals surface area contributed by atoms with Crippen LogP contribution in [0.2, 0.25) is 0 Å². The van der Waals surface area contributed by atoms with Gasteiger partial charge in [0.15, 0.2) is 0 Å². The third kappa shape index (κ3) is 24.4. The van der Waals surface area contributed by atoms with E-state index >= 15 is 0 Å². The minimum atomic E-state index is 0.809. The fourth-order valence-corrected chi connectivity index (χ4v) is 1.48. The lowest BCUT2D eigenvalue weighted by atomic mass is 10.1. The molecule has 106 valence electrons. The van der Waals surface area contributed by atoms with Crippen molar-refractivity contribution in [2.75, 3.05) is 0 Å². The van der Waals surface area contributed by atoms with E-state index < -0.39 is 0 Å². The third-order valence-electron chi connectivity index (χ3n) is 2.57. The number of carbonyl (C=O) groups excluding carboxylic acids is 1. The summed E-state index contributed by atoms with van der Waals surface area (Å²) in [6.07, 6.45) is 20.1. The number of carbonyl (C=O) groups is 1. The number of allylic oxidation sites excluding steroid dienone is 4. The Morgan fingerprint density at radius 1 is 0.722 bits per heavy atom. The van der Waals surface area contributed by atoms with Gasteiger partial charge < -0.3 is 0 Å². The summed E-state index contributed by atoms with van der Waals surface area (Å²) in [6, 6.07) is 0. The van der Waals surface area contributed by atoms with E-state index in [1.807, 2.05) is 6.08 Å². The summed E-state index contributed by atoms with van der Waals surface area (Å²) in [5.74, 6) is 0. The van der Waals surface area contributed by atoms with Gasteiger partial charge in [-0.2, -0.15) is 0 Å². The molecule has 0 amide bonds. The Balaban J connectivity index is 0. The van der Waals surface area contributed by atoms with Crippen LogP contribution in [0.25, 0.3) is 0 Å². The molecule has 0 atom stereocenters. The lowest BCUT2D eigenvalue weighted by molar-refractivity contribution is -0.104. The number of unbranched alkanes of at least 4 members (excludes halogenated alkanes) is 6. The topological polar surface area (TPSA) is 17.1 Å². The molecule has 1 heteroatoms. The largest absolute Gasteiger partial charge is 0.299 e. The molecule has 0 unspecified atom stereocenters. The van der Waals surface area contributed by atoms with Crippen LogP contribution in [0.15, 0.2) is 24.3 Å². The summed E-state index contributed by atoms with van der Waals surface area (Å²) in [5.41, 5.74) is 0. The third-order valence-corrected chi connectivity index (χ3v) is 2.57. The van der Waals surface area contributed by atoms with E-state index in [0.717, 1.165) is 25.5 Å². The Kier molecular flexibility index (Phi) is 23.2. The van der Waals surface area contributed by atoms with Crippen LogP contribution < -0.4 is 0 Å². The molecular formula is C17H32O. The maximum absolute atomic E-state index is 9.79. The molecule has 0 saturated heterocycles. The van der Waals surface area contributed by atoms with Gasteiger partial charge >= 0.3 is 0 Å². The van der Waals surface area contributed by atoms with E-state index in [4.69, 9.17) is 0 Å². The Labute approximate surface area is 114 Å². The van der Waals surface area contributed by atoms with E-state index in [0.29, 0.717) is 0 Å². The van der Waals surface area contributed by atoms with E-state index in [1.54, 1.807) is 6.08 Å². The molecule has 0 radical (unpaired) electrons. The fourth-order valence-electron chi connectivity index (χ4n) is 1.48. The van der Waals surface area contributed by atoms with Gasteiger partial charge in [-0.1, -0.05) is 77.5 Å². The second-order valence-corrected chi connectivity index (χ2v) is 4.44. The molecule has 0 rings (SSSR count). The average Bonchev–Trinajstić information content (AvgIpc) is 2.40. The van der Waals surface area contributed by atoms with Crippen LogP contribution in [0.4, 0.5) is 0 Å². The van der Waals surface area contributed by atoms with Crippen molar-refractivity contribution in [2.45, 2.75) is 78.6 Å². The Morgan fingerprint density at radius 3 is 1.72 bits per heavy atom. The first kappa shape index (κ1) is 19.5. The molecule has 0 fully saturated rings. The van der Waals surface area contributed by atoms with Crippen LogP contribution in [-0.2, 0) is 4.79 Å². The van der Waals surface area contributed by atoms with Crippen molar-refractivity contribution >= 4 is 6.29 Å². The van der Waals surface area contributed by atoms with Crippen molar-refractivity contribution in [3.8, 4) is 0 Å². The van der Waals surface area contributed by atoms with Gasteiger partial charge in [0.25, 0.3) is 0 Å². The second kappa shape index (κ2) is 21.4. The summed E-state index contributed by atoms with van der Waals surface area (Å²) in [4.78, 5) is 9.79. The lowest BCUT2D eigenvalue weighted by Gasteiger charge is -1.93. The lowest BCUT2D eigenvalue weighted by Crippen LogP contribution is -1.73. The zero-order chi connectivity index (χ0) is 13.9. The smallest absolute Gasteiger partial charge is 0.142 e. The van der Waals surface area contributed by atoms with E-state index in [-0.39, 0.29) is 0 Å². The maximum Gasteiger partial charge on any atom is 0.142 e. The van der Waals surface area contributed by atoms with Gasteiger partial charge in [0.2, 0.25) is 0 Å². The van der Waals surface area contributed by atoms with Crippen LogP contribution in [0.1, 0.15) is 78.6 Å². The number of aldehydes is 1. The standard InChI is InChI=1S/C9H14O.C8H18/c1-2-3-4-5-6-7-8-9-10;1-3-5-7-8-6-4-2/h3-4,7-9H,2,5-6H2,1H3;3-8H2,1-2H3/b4-3+,8-7+;. The molecule has 1 nitrogen and oxygen atoms in total. The summed E-state index contributed by atoms with van der Waals surface area (Å²) < 4.78 is 0. The molecular weight excluding hydrogens is 220 g/mol. The maximum atomic E-state index is 9.79. The predicted octanol–water partition coefficient (Wildman–Crippen LogP) is 5.85. The van der Waals surface area contributed by atoms with Crippen molar-refractivity contribution < 1.29 is 4.79 Å². The molecule has 0 N–H and O–H groups in total. The number of rotatable bonds is 10. The minimum absolute atomic E-state index is 0.809. The molecule has 0 aromatic carbocycles. The quantitative estimate of drug-likeness (QED) is 0.206. The summed E-state index contributed by atoms with van der Waals surface area (Å²) in [5, 5.41) is 0. The van der Waals surface area contributed by atoms with Gasteiger partial charge in [-0.3, -0.25) is 4.79 Å². The number of hydrogen-bond donors (Lipinski definition) is 0. The minimum Gasteiger partial charge on any atom is -0.299 e. The van der Waals surface area contributed by atoms with E-state index in [1.165, 1.54) is 38.5 Å². The molecule has 0 aromatic rings. The molecule has 0 aromatic heterocycles. The van der Waals surface area contributed by atoms with E-state index in [9.17, 15) is 4.79 Å². The normalized spacial score (nSPS) is 10.6.